The molecule has 6 heteroatoms. The van der Waals surface area contributed by atoms with Crippen molar-refractivity contribution in [2.45, 2.75) is 49.0 Å². The van der Waals surface area contributed by atoms with Crippen molar-refractivity contribution in [1.82, 2.24) is 4.90 Å². The maximum absolute atomic E-state index is 12.8. The van der Waals surface area contributed by atoms with Gasteiger partial charge in [0.05, 0.1) is 28.8 Å². The van der Waals surface area contributed by atoms with Crippen molar-refractivity contribution in [3.8, 4) is 5.75 Å². The Balaban J connectivity index is 1.13. The van der Waals surface area contributed by atoms with Crippen LogP contribution in [0.5, 0.6) is 5.75 Å². The van der Waals surface area contributed by atoms with Gasteiger partial charge in [-0.15, -0.1) is 0 Å². The average Bonchev–Trinajstić information content (AvgIpc) is 3.26. The van der Waals surface area contributed by atoms with Crippen LogP contribution >= 0.6 is 0 Å². The molecule has 2 aliphatic heterocycles. The largest absolute Gasteiger partial charge is 0.490 e. The molecule has 2 fully saturated rings. The van der Waals surface area contributed by atoms with Gasteiger partial charge in [0.2, 0.25) is 0 Å². The maximum atomic E-state index is 12.8. The molecule has 5 rings (SSSR count). The Labute approximate surface area is 186 Å². The second kappa shape index (κ2) is 9.27. The van der Waals surface area contributed by atoms with Crippen LogP contribution in [-0.2, 0) is 15.5 Å². The molecule has 5 nitrogen and oxygen atoms in total. The molecule has 2 atom stereocenters. The van der Waals surface area contributed by atoms with Crippen molar-refractivity contribution in [1.29, 1.82) is 0 Å². The van der Waals surface area contributed by atoms with E-state index in [1.165, 1.54) is 37.7 Å². The van der Waals surface area contributed by atoms with Crippen LogP contribution in [-0.4, -0.2) is 40.9 Å². The SMILES string of the molecule is O=S(C1=CN=C2O[C@H](COc3ccc(C4CCCCC4)cc3)CN2C1)c1ccccc1. The number of nitrogens with zero attached hydrogens (tertiary/aromatic N) is 2. The predicted molar refractivity (Wildman–Crippen MR) is 123 cm³/mol. The van der Waals surface area contributed by atoms with Crippen LogP contribution in [0.25, 0.3) is 0 Å². The number of fused-ring (bicyclic) bond motifs is 1. The maximum Gasteiger partial charge on any atom is 0.292 e. The molecule has 0 aromatic heterocycles. The third-order valence-corrected chi connectivity index (χ3v) is 7.63. The van der Waals surface area contributed by atoms with Crippen molar-refractivity contribution >= 4 is 16.8 Å². The highest BCUT2D eigenvalue weighted by Crippen LogP contribution is 2.33. The minimum Gasteiger partial charge on any atom is -0.490 e. The second-order valence-corrected chi connectivity index (χ2v) is 9.96. The Hall–Kier alpha value is -2.60. The number of rotatable bonds is 6. The van der Waals surface area contributed by atoms with Gasteiger partial charge in [0.25, 0.3) is 6.02 Å². The molecule has 0 spiro atoms. The van der Waals surface area contributed by atoms with Crippen molar-refractivity contribution in [2.24, 2.45) is 4.99 Å². The lowest BCUT2D eigenvalue weighted by atomic mass is 9.84. The highest BCUT2D eigenvalue weighted by atomic mass is 32.2. The average molecular weight is 437 g/mol. The Bertz CT molecular complexity index is 982. The number of hydrogen-bond acceptors (Lipinski definition) is 5. The molecule has 0 radical (unpaired) electrons. The first-order valence-electron chi connectivity index (χ1n) is 11.1. The molecule has 1 saturated heterocycles. The summed E-state index contributed by atoms with van der Waals surface area (Å²) in [6.45, 7) is 1.71. The van der Waals surface area contributed by atoms with E-state index < -0.39 is 10.8 Å². The molecule has 3 aliphatic rings. The molecule has 0 N–H and O–H groups in total. The zero-order chi connectivity index (χ0) is 21.0. The lowest BCUT2D eigenvalue weighted by Gasteiger charge is -2.22. The monoisotopic (exact) mass is 436 g/mol. The summed E-state index contributed by atoms with van der Waals surface area (Å²) in [5, 5.41) is 0. The Morgan fingerprint density at radius 1 is 1.03 bits per heavy atom. The van der Waals surface area contributed by atoms with Crippen LogP contribution in [0.15, 0.2) is 75.6 Å². The van der Waals surface area contributed by atoms with Crippen molar-refractivity contribution in [3.05, 3.63) is 71.3 Å². The third-order valence-electron chi connectivity index (χ3n) is 6.22. The summed E-state index contributed by atoms with van der Waals surface area (Å²) in [6.07, 6.45) is 8.27. The molecule has 2 aromatic rings. The number of amidine groups is 1. The van der Waals surface area contributed by atoms with E-state index in [-0.39, 0.29) is 6.10 Å². The summed E-state index contributed by atoms with van der Waals surface area (Å²) in [4.78, 5) is 8.02. The molecule has 0 amide bonds. The topological polar surface area (TPSA) is 51.1 Å². The molecular formula is C25H28N2O3S. The van der Waals surface area contributed by atoms with Crippen LogP contribution in [0, 0.1) is 0 Å². The van der Waals surface area contributed by atoms with Crippen LogP contribution < -0.4 is 4.74 Å². The highest BCUT2D eigenvalue weighted by molar-refractivity contribution is 7.89. The lowest BCUT2D eigenvalue weighted by Crippen LogP contribution is -2.32. The number of aliphatic imine (C=N–C) groups is 1. The first-order valence-corrected chi connectivity index (χ1v) is 12.3. The van der Waals surface area contributed by atoms with Gasteiger partial charge < -0.3 is 14.4 Å². The fraction of sp³-hybridized carbons (Fsp3) is 0.400. The van der Waals surface area contributed by atoms with Crippen LogP contribution in [0.2, 0.25) is 0 Å². The van der Waals surface area contributed by atoms with Gasteiger partial charge in [-0.1, -0.05) is 49.6 Å². The highest BCUT2D eigenvalue weighted by Gasteiger charge is 2.33. The molecule has 31 heavy (non-hydrogen) atoms. The first kappa shape index (κ1) is 20.3. The molecule has 1 saturated carbocycles. The van der Waals surface area contributed by atoms with Crippen molar-refractivity contribution in [2.75, 3.05) is 19.7 Å². The van der Waals surface area contributed by atoms with Gasteiger partial charge in [-0.2, -0.15) is 0 Å². The standard InChI is InChI=1S/C25H28N2O3S/c28-31(23-9-5-2-6-10-23)24-15-26-25-27(17-24)16-22(30-25)18-29-21-13-11-20(12-14-21)19-7-3-1-4-8-19/h2,5-6,9-15,19,22H,1,3-4,7-8,16-18H2/t22-,31?/m0/s1. The summed E-state index contributed by atoms with van der Waals surface area (Å²) in [7, 11) is -1.20. The summed E-state index contributed by atoms with van der Waals surface area (Å²) in [5.41, 5.74) is 1.43. The lowest BCUT2D eigenvalue weighted by molar-refractivity contribution is 0.146. The summed E-state index contributed by atoms with van der Waals surface area (Å²) < 4.78 is 24.7. The Morgan fingerprint density at radius 2 is 1.81 bits per heavy atom. The summed E-state index contributed by atoms with van der Waals surface area (Å²) in [5.74, 6) is 1.58. The zero-order valence-corrected chi connectivity index (χ0v) is 18.4. The van der Waals surface area contributed by atoms with Gasteiger partial charge in [-0.25, -0.2) is 9.20 Å². The van der Waals surface area contributed by atoms with Gasteiger partial charge in [0.1, 0.15) is 12.4 Å². The third kappa shape index (κ3) is 4.69. The minimum atomic E-state index is -1.20. The van der Waals surface area contributed by atoms with Gasteiger partial charge in [0.15, 0.2) is 6.10 Å². The van der Waals surface area contributed by atoms with Gasteiger partial charge in [-0.05, 0) is 48.6 Å². The smallest absolute Gasteiger partial charge is 0.292 e. The van der Waals surface area contributed by atoms with Gasteiger partial charge >= 0.3 is 0 Å². The molecule has 1 aliphatic carbocycles. The molecule has 1 unspecified atom stereocenters. The second-order valence-electron chi connectivity index (χ2n) is 8.42. The predicted octanol–water partition coefficient (Wildman–Crippen LogP) is 4.83. The Kier molecular flexibility index (Phi) is 6.07. The van der Waals surface area contributed by atoms with E-state index in [1.807, 2.05) is 35.2 Å². The molecular weight excluding hydrogens is 408 g/mol. The fourth-order valence-electron chi connectivity index (χ4n) is 4.54. The van der Waals surface area contributed by atoms with Crippen LogP contribution in [0.4, 0.5) is 0 Å². The molecule has 162 valence electrons. The van der Waals surface area contributed by atoms with E-state index in [0.29, 0.717) is 31.6 Å². The van der Waals surface area contributed by atoms with Crippen molar-refractivity contribution in [3.63, 3.8) is 0 Å². The zero-order valence-electron chi connectivity index (χ0n) is 17.6. The number of hydrogen-bond donors (Lipinski definition) is 0. The van der Waals surface area contributed by atoms with E-state index in [4.69, 9.17) is 9.47 Å². The summed E-state index contributed by atoms with van der Waals surface area (Å²) >= 11 is 0. The van der Waals surface area contributed by atoms with Gasteiger partial charge in [-0.3, -0.25) is 0 Å². The first-order chi connectivity index (χ1) is 15.3. The molecule has 2 aromatic carbocycles. The quantitative estimate of drug-likeness (QED) is 0.651. The number of benzene rings is 2. The van der Waals surface area contributed by atoms with E-state index >= 15 is 0 Å². The summed E-state index contributed by atoms with van der Waals surface area (Å²) in [6, 6.07) is 18.7. The van der Waals surface area contributed by atoms with Crippen LogP contribution in [0.3, 0.4) is 0 Å². The van der Waals surface area contributed by atoms with Gasteiger partial charge in [0, 0.05) is 11.1 Å². The molecule has 2 heterocycles. The van der Waals surface area contributed by atoms with E-state index in [2.05, 4.69) is 29.3 Å². The molecule has 0 bridgehead atoms. The van der Waals surface area contributed by atoms with Crippen molar-refractivity contribution < 1.29 is 13.7 Å². The fourth-order valence-corrected chi connectivity index (χ4v) is 5.66. The number of ether oxygens (including phenoxy) is 2. The normalized spacial score (nSPS) is 22.2. The van der Waals surface area contributed by atoms with Crippen LogP contribution in [0.1, 0.15) is 43.6 Å². The van der Waals surface area contributed by atoms with E-state index in [0.717, 1.165) is 15.6 Å². The van der Waals surface area contributed by atoms with E-state index in [9.17, 15) is 4.21 Å². The van der Waals surface area contributed by atoms with E-state index in [1.54, 1.807) is 6.20 Å². The Morgan fingerprint density at radius 3 is 2.58 bits per heavy atom. The minimum absolute atomic E-state index is 0.0883.